The summed E-state index contributed by atoms with van der Waals surface area (Å²) in [5.74, 6) is 0. The molecule has 2 rings (SSSR count). The Morgan fingerprint density at radius 2 is 2.00 bits per heavy atom. The number of aryl methyl sites for hydroxylation is 1. The molecule has 0 N–H and O–H groups in total. The van der Waals surface area contributed by atoms with Crippen molar-refractivity contribution in [3.8, 4) is 11.3 Å². The highest BCUT2D eigenvalue weighted by Crippen LogP contribution is 2.24. The molecule has 1 heterocycles. The maximum Gasteiger partial charge on any atom is 0.121 e. The maximum absolute atomic E-state index is 4.74. The van der Waals surface area contributed by atoms with Crippen LogP contribution in [0, 0.1) is 19.1 Å². The molecule has 2 aromatic rings. The minimum Gasteiger partial charge on any atom is -0.383 e. The summed E-state index contributed by atoms with van der Waals surface area (Å²) in [6.45, 7) is 7.89. The zero-order valence-electron chi connectivity index (χ0n) is 16.2. The molecule has 0 saturated carbocycles. The fourth-order valence-corrected chi connectivity index (χ4v) is 2.67. The molecular formula is C23H25N3. The van der Waals surface area contributed by atoms with Crippen molar-refractivity contribution in [1.29, 1.82) is 0 Å². The van der Waals surface area contributed by atoms with Gasteiger partial charge in [-0.1, -0.05) is 43.0 Å². The van der Waals surface area contributed by atoms with E-state index < -0.39 is 0 Å². The maximum atomic E-state index is 4.74. The lowest BCUT2D eigenvalue weighted by Crippen LogP contribution is -2.02. The van der Waals surface area contributed by atoms with Gasteiger partial charge in [0.25, 0.3) is 0 Å². The third-order valence-corrected chi connectivity index (χ3v) is 3.90. The van der Waals surface area contributed by atoms with Crippen LogP contribution in [-0.2, 0) is 0 Å². The number of nitrogens with zero attached hydrogens (tertiary/aromatic N) is 3. The second kappa shape index (κ2) is 8.82. The molecule has 0 radical (unpaired) electrons. The van der Waals surface area contributed by atoms with Crippen molar-refractivity contribution >= 4 is 17.4 Å². The third-order valence-electron chi connectivity index (χ3n) is 3.90. The largest absolute Gasteiger partial charge is 0.383 e. The molecule has 0 bridgehead atoms. The van der Waals surface area contributed by atoms with Crippen LogP contribution in [0.15, 0.2) is 54.2 Å². The van der Waals surface area contributed by atoms with E-state index >= 15 is 0 Å². The van der Waals surface area contributed by atoms with E-state index in [0.29, 0.717) is 0 Å². The summed E-state index contributed by atoms with van der Waals surface area (Å²) in [5, 5.41) is 0. The van der Waals surface area contributed by atoms with Crippen molar-refractivity contribution in [3.05, 3.63) is 78.1 Å². The van der Waals surface area contributed by atoms with Crippen LogP contribution in [0.3, 0.4) is 0 Å². The minimum absolute atomic E-state index is 0.783. The van der Waals surface area contributed by atoms with Gasteiger partial charge >= 0.3 is 0 Å². The fourth-order valence-electron chi connectivity index (χ4n) is 2.67. The quantitative estimate of drug-likeness (QED) is 0.554. The van der Waals surface area contributed by atoms with Gasteiger partial charge in [-0.25, -0.2) is 4.98 Å². The fraction of sp³-hybridized carbons (Fsp3) is 0.217. The average Bonchev–Trinajstić information content (AvgIpc) is 2.64. The van der Waals surface area contributed by atoms with Crippen LogP contribution in [0.1, 0.15) is 23.7 Å². The number of rotatable bonds is 6. The highest BCUT2D eigenvalue weighted by Gasteiger charge is 2.07. The first kappa shape index (κ1) is 19.2. The van der Waals surface area contributed by atoms with Crippen molar-refractivity contribution < 1.29 is 0 Å². The standard InChI is InChI=1S/C23H25N3/c1-7-18(15-24-4)22-12-13-23(25-17(22)3)21-11-9-10-20(14-21)19(8-2)16-26(5)6/h7-11,14-16H,2H2,1,3-6H3/b18-7+,19-16+,24-15?. The highest BCUT2D eigenvalue weighted by molar-refractivity contribution is 6.09. The van der Waals surface area contributed by atoms with Crippen molar-refractivity contribution in [2.24, 2.45) is 4.99 Å². The molecule has 0 spiro atoms. The summed E-state index contributed by atoms with van der Waals surface area (Å²) in [5.41, 5.74) is 6.77. The van der Waals surface area contributed by atoms with Gasteiger partial charge in [0.05, 0.1) is 11.3 Å². The summed E-state index contributed by atoms with van der Waals surface area (Å²) >= 11 is 0. The predicted octanol–water partition coefficient (Wildman–Crippen LogP) is 4.85. The smallest absolute Gasteiger partial charge is 0.121 e. The van der Waals surface area contributed by atoms with Gasteiger partial charge in [-0.15, -0.1) is 0 Å². The Morgan fingerprint density at radius 1 is 1.23 bits per heavy atom. The van der Waals surface area contributed by atoms with Gasteiger partial charge in [-0.05, 0) is 37.1 Å². The first-order valence-corrected chi connectivity index (χ1v) is 8.52. The number of aromatic nitrogens is 1. The van der Waals surface area contributed by atoms with E-state index in [4.69, 9.17) is 4.98 Å². The van der Waals surface area contributed by atoms with Crippen LogP contribution >= 0.6 is 0 Å². The van der Waals surface area contributed by atoms with E-state index in [1.807, 2.05) is 69.5 Å². The Morgan fingerprint density at radius 3 is 2.58 bits per heavy atom. The molecule has 0 unspecified atom stereocenters. The lowest BCUT2D eigenvalue weighted by molar-refractivity contribution is 0.566. The number of benzene rings is 1. The van der Waals surface area contributed by atoms with Crippen LogP contribution in [0.5, 0.6) is 0 Å². The summed E-state index contributed by atoms with van der Waals surface area (Å²) in [6, 6.07) is 14.7. The van der Waals surface area contributed by atoms with Gasteiger partial charge < -0.3 is 4.90 Å². The number of hydrogen-bond acceptors (Lipinski definition) is 3. The van der Waals surface area contributed by atoms with Crippen molar-refractivity contribution in [2.75, 3.05) is 21.1 Å². The molecule has 3 heteroatoms. The average molecular weight is 343 g/mol. The van der Waals surface area contributed by atoms with Crippen molar-refractivity contribution in [3.63, 3.8) is 0 Å². The number of allylic oxidation sites excluding steroid dienone is 4. The van der Waals surface area contributed by atoms with Crippen molar-refractivity contribution in [2.45, 2.75) is 13.8 Å². The van der Waals surface area contributed by atoms with E-state index in [-0.39, 0.29) is 0 Å². The minimum atomic E-state index is 0.783. The molecule has 132 valence electrons. The molecule has 0 atom stereocenters. The normalized spacial score (nSPS) is 12.2. The number of aliphatic imine (C=N–C) groups is 1. The molecule has 0 amide bonds. The molecule has 0 aliphatic heterocycles. The molecule has 1 aromatic carbocycles. The second-order valence-corrected chi connectivity index (χ2v) is 6.14. The van der Waals surface area contributed by atoms with Gasteiger partial charge in [-0.2, -0.15) is 0 Å². The van der Waals surface area contributed by atoms with Crippen molar-refractivity contribution in [1.82, 2.24) is 9.88 Å². The molecule has 26 heavy (non-hydrogen) atoms. The van der Waals surface area contributed by atoms with E-state index in [9.17, 15) is 0 Å². The Kier molecular flexibility index (Phi) is 6.52. The molecule has 0 aliphatic carbocycles. The van der Waals surface area contributed by atoms with E-state index in [2.05, 4.69) is 35.8 Å². The van der Waals surface area contributed by atoms with E-state index in [1.165, 1.54) is 0 Å². The molecule has 3 nitrogen and oxygen atoms in total. The zero-order chi connectivity index (χ0) is 19.1. The first-order chi connectivity index (χ1) is 12.5. The number of hydrogen-bond donors (Lipinski definition) is 0. The lowest BCUT2D eigenvalue weighted by Gasteiger charge is -2.10. The SMILES string of the molecule is C=C/C(=C\N(C)C)c1cccc(-c2c#cc(/C(C=NC)=C/C)c(C)n2)c1. The van der Waals surface area contributed by atoms with Crippen LogP contribution in [0.2, 0.25) is 0 Å². The predicted molar refractivity (Wildman–Crippen MR) is 112 cm³/mol. The lowest BCUT2D eigenvalue weighted by atomic mass is 10.0. The molecule has 1 aromatic heterocycles. The van der Waals surface area contributed by atoms with E-state index in [0.717, 1.165) is 39.2 Å². The highest BCUT2D eigenvalue weighted by atomic mass is 15.0. The van der Waals surface area contributed by atoms with Crippen LogP contribution in [0.4, 0.5) is 0 Å². The Hall–Kier alpha value is -3.12. The van der Waals surface area contributed by atoms with Gasteiger partial charge in [0.1, 0.15) is 5.69 Å². The summed E-state index contributed by atoms with van der Waals surface area (Å²) in [7, 11) is 5.75. The monoisotopic (exact) mass is 343 g/mol. The van der Waals surface area contributed by atoms with Crippen LogP contribution < -0.4 is 0 Å². The third kappa shape index (κ3) is 4.49. The molecule has 0 saturated heterocycles. The zero-order valence-corrected chi connectivity index (χ0v) is 16.2. The molecule has 0 aliphatic rings. The first-order valence-electron chi connectivity index (χ1n) is 8.52. The Balaban J connectivity index is 2.45. The van der Waals surface area contributed by atoms with E-state index in [1.54, 1.807) is 7.05 Å². The van der Waals surface area contributed by atoms with Gasteiger partial charge in [0, 0.05) is 44.7 Å². The summed E-state index contributed by atoms with van der Waals surface area (Å²) < 4.78 is 0. The van der Waals surface area contributed by atoms with Gasteiger partial charge in [-0.3, -0.25) is 4.99 Å². The Bertz CT molecular complexity index is 871. The van der Waals surface area contributed by atoms with Crippen LogP contribution in [-0.4, -0.2) is 37.2 Å². The summed E-state index contributed by atoms with van der Waals surface area (Å²) in [6.07, 6.45) is 7.73. The van der Waals surface area contributed by atoms with Gasteiger partial charge in [0.2, 0.25) is 0 Å². The van der Waals surface area contributed by atoms with Crippen LogP contribution in [0.25, 0.3) is 22.4 Å². The molecule has 0 fully saturated rings. The second-order valence-electron chi connectivity index (χ2n) is 6.14. The summed E-state index contributed by atoms with van der Waals surface area (Å²) in [4.78, 5) is 10.8. The van der Waals surface area contributed by atoms with Gasteiger partial charge in [0.15, 0.2) is 0 Å². The molecular weight excluding hydrogens is 318 g/mol. The topological polar surface area (TPSA) is 28.5 Å². The Labute approximate surface area is 157 Å².